The van der Waals surface area contributed by atoms with Gasteiger partial charge in [-0.2, -0.15) is 0 Å². The maximum Gasteiger partial charge on any atom is 0.165 e. The molecule has 0 radical (unpaired) electrons. The number of rotatable bonds is 6. The van der Waals surface area contributed by atoms with Crippen LogP contribution in [0, 0.1) is 0 Å². The summed E-state index contributed by atoms with van der Waals surface area (Å²) in [7, 11) is 1.70. The molecule has 112 valence electrons. The zero-order chi connectivity index (χ0) is 14.4. The standard InChI is InChI=1S/C16H26N2O2/c1-3-20-15-6-4-5-12(16(15)19-2)11-18-14-9-7-13(17)8-10-14/h4-6,13-14,18H,3,7-11,17H2,1-2H3. The van der Waals surface area contributed by atoms with Gasteiger partial charge in [-0.15, -0.1) is 0 Å². The van der Waals surface area contributed by atoms with Gasteiger partial charge in [0.05, 0.1) is 13.7 Å². The van der Waals surface area contributed by atoms with Crippen LogP contribution in [0.5, 0.6) is 11.5 Å². The van der Waals surface area contributed by atoms with Gasteiger partial charge in [0.2, 0.25) is 0 Å². The molecule has 0 unspecified atom stereocenters. The molecule has 1 aliphatic carbocycles. The minimum atomic E-state index is 0.392. The fourth-order valence-corrected chi connectivity index (χ4v) is 2.78. The highest BCUT2D eigenvalue weighted by atomic mass is 16.5. The molecule has 0 heterocycles. The summed E-state index contributed by atoms with van der Waals surface area (Å²) in [6.45, 7) is 3.44. The van der Waals surface area contributed by atoms with Crippen molar-refractivity contribution in [2.75, 3.05) is 13.7 Å². The van der Waals surface area contributed by atoms with Gasteiger partial charge < -0.3 is 20.5 Å². The van der Waals surface area contributed by atoms with E-state index in [4.69, 9.17) is 15.2 Å². The summed E-state index contributed by atoms with van der Waals surface area (Å²) >= 11 is 0. The third-order valence-corrected chi connectivity index (χ3v) is 3.92. The fraction of sp³-hybridized carbons (Fsp3) is 0.625. The lowest BCUT2D eigenvalue weighted by Crippen LogP contribution is -2.37. The van der Waals surface area contributed by atoms with E-state index < -0.39 is 0 Å². The molecule has 0 aromatic heterocycles. The maximum absolute atomic E-state index is 5.94. The van der Waals surface area contributed by atoms with Gasteiger partial charge in [-0.3, -0.25) is 0 Å². The van der Waals surface area contributed by atoms with Gasteiger partial charge in [0, 0.05) is 24.2 Å². The Labute approximate surface area is 121 Å². The molecular formula is C16H26N2O2. The van der Waals surface area contributed by atoms with E-state index in [1.165, 1.54) is 0 Å². The number of nitrogens with two attached hydrogens (primary N) is 1. The first-order valence-corrected chi connectivity index (χ1v) is 7.52. The Kier molecular flexibility index (Phi) is 5.68. The number of nitrogens with one attached hydrogen (secondary N) is 1. The lowest BCUT2D eigenvalue weighted by atomic mass is 9.92. The van der Waals surface area contributed by atoms with Crippen molar-refractivity contribution < 1.29 is 9.47 Å². The predicted molar refractivity (Wildman–Crippen MR) is 81.2 cm³/mol. The molecule has 1 saturated carbocycles. The van der Waals surface area contributed by atoms with Crippen LogP contribution in [0.1, 0.15) is 38.2 Å². The number of methoxy groups -OCH3 is 1. The normalized spacial score (nSPS) is 22.6. The van der Waals surface area contributed by atoms with E-state index in [1.54, 1.807) is 7.11 Å². The minimum absolute atomic E-state index is 0.392. The Hall–Kier alpha value is -1.26. The molecule has 20 heavy (non-hydrogen) atoms. The third-order valence-electron chi connectivity index (χ3n) is 3.92. The molecule has 3 N–H and O–H groups in total. The van der Waals surface area contributed by atoms with Crippen LogP contribution in [-0.4, -0.2) is 25.8 Å². The first-order chi connectivity index (χ1) is 9.74. The lowest BCUT2D eigenvalue weighted by Gasteiger charge is -2.27. The summed E-state index contributed by atoms with van der Waals surface area (Å²) in [5.74, 6) is 1.66. The Balaban J connectivity index is 1.96. The monoisotopic (exact) mass is 278 g/mol. The van der Waals surface area contributed by atoms with Gasteiger partial charge in [-0.05, 0) is 38.7 Å². The van der Waals surface area contributed by atoms with E-state index in [9.17, 15) is 0 Å². The van der Waals surface area contributed by atoms with Crippen LogP contribution in [0.15, 0.2) is 18.2 Å². The average Bonchev–Trinajstić information content (AvgIpc) is 2.47. The summed E-state index contributed by atoms with van der Waals surface area (Å²) in [6, 6.07) is 7.01. The van der Waals surface area contributed by atoms with E-state index in [0.717, 1.165) is 49.3 Å². The van der Waals surface area contributed by atoms with E-state index in [0.29, 0.717) is 18.7 Å². The highest BCUT2D eigenvalue weighted by molar-refractivity contribution is 5.46. The predicted octanol–water partition coefficient (Wildman–Crippen LogP) is 2.45. The Bertz CT molecular complexity index is 415. The van der Waals surface area contributed by atoms with Gasteiger partial charge in [0.15, 0.2) is 11.5 Å². The van der Waals surface area contributed by atoms with Crippen LogP contribution in [0.3, 0.4) is 0 Å². The molecule has 0 saturated heterocycles. The summed E-state index contributed by atoms with van der Waals surface area (Å²) in [5.41, 5.74) is 7.09. The van der Waals surface area contributed by atoms with E-state index in [2.05, 4.69) is 11.4 Å². The van der Waals surface area contributed by atoms with Gasteiger partial charge in [-0.1, -0.05) is 12.1 Å². The zero-order valence-corrected chi connectivity index (χ0v) is 12.5. The molecule has 0 bridgehead atoms. The molecule has 1 aliphatic rings. The van der Waals surface area contributed by atoms with E-state index in [1.807, 2.05) is 19.1 Å². The smallest absolute Gasteiger partial charge is 0.165 e. The number of hydrogen-bond donors (Lipinski definition) is 2. The Morgan fingerprint density at radius 1 is 1.25 bits per heavy atom. The van der Waals surface area contributed by atoms with Crippen LogP contribution in [0.25, 0.3) is 0 Å². The van der Waals surface area contributed by atoms with Crippen molar-refractivity contribution in [3.8, 4) is 11.5 Å². The van der Waals surface area contributed by atoms with Gasteiger partial charge in [0.1, 0.15) is 0 Å². The zero-order valence-electron chi connectivity index (χ0n) is 12.5. The molecule has 1 fully saturated rings. The molecular weight excluding hydrogens is 252 g/mol. The first-order valence-electron chi connectivity index (χ1n) is 7.52. The molecule has 0 spiro atoms. The van der Waals surface area contributed by atoms with Gasteiger partial charge >= 0.3 is 0 Å². The van der Waals surface area contributed by atoms with Crippen LogP contribution in [0.4, 0.5) is 0 Å². The second-order valence-corrected chi connectivity index (χ2v) is 5.37. The van der Waals surface area contributed by atoms with Crippen LogP contribution in [0.2, 0.25) is 0 Å². The maximum atomic E-state index is 5.94. The van der Waals surface area contributed by atoms with Gasteiger partial charge in [0.25, 0.3) is 0 Å². The van der Waals surface area contributed by atoms with Crippen LogP contribution >= 0.6 is 0 Å². The molecule has 2 rings (SSSR count). The average molecular weight is 278 g/mol. The summed E-state index contributed by atoms with van der Waals surface area (Å²) in [6.07, 6.45) is 4.56. The van der Waals surface area contributed by atoms with Crippen molar-refractivity contribution in [1.82, 2.24) is 5.32 Å². The molecule has 1 aromatic rings. The van der Waals surface area contributed by atoms with Gasteiger partial charge in [-0.25, -0.2) is 0 Å². The highest BCUT2D eigenvalue weighted by Gasteiger charge is 2.18. The second kappa shape index (κ2) is 7.50. The Morgan fingerprint density at radius 3 is 2.65 bits per heavy atom. The van der Waals surface area contributed by atoms with Crippen molar-refractivity contribution in [2.45, 2.75) is 51.2 Å². The molecule has 1 aromatic carbocycles. The number of hydrogen-bond acceptors (Lipinski definition) is 4. The minimum Gasteiger partial charge on any atom is -0.493 e. The Morgan fingerprint density at radius 2 is 2.00 bits per heavy atom. The molecule has 4 heteroatoms. The lowest BCUT2D eigenvalue weighted by molar-refractivity contribution is 0.306. The highest BCUT2D eigenvalue weighted by Crippen LogP contribution is 2.31. The largest absolute Gasteiger partial charge is 0.493 e. The molecule has 0 atom stereocenters. The van der Waals surface area contributed by atoms with Crippen molar-refractivity contribution in [2.24, 2.45) is 5.73 Å². The number of ether oxygens (including phenoxy) is 2. The van der Waals surface area contributed by atoms with Crippen LogP contribution in [-0.2, 0) is 6.54 Å². The first kappa shape index (κ1) is 15.1. The fourth-order valence-electron chi connectivity index (χ4n) is 2.78. The second-order valence-electron chi connectivity index (χ2n) is 5.37. The SMILES string of the molecule is CCOc1cccc(CNC2CCC(N)CC2)c1OC. The number of para-hydroxylation sites is 1. The van der Waals surface area contributed by atoms with Crippen molar-refractivity contribution >= 4 is 0 Å². The quantitative estimate of drug-likeness (QED) is 0.839. The van der Waals surface area contributed by atoms with Crippen molar-refractivity contribution in [1.29, 1.82) is 0 Å². The van der Waals surface area contributed by atoms with E-state index >= 15 is 0 Å². The van der Waals surface area contributed by atoms with E-state index in [-0.39, 0.29) is 0 Å². The third kappa shape index (κ3) is 3.87. The van der Waals surface area contributed by atoms with Crippen molar-refractivity contribution in [3.05, 3.63) is 23.8 Å². The number of benzene rings is 1. The summed E-state index contributed by atoms with van der Waals surface area (Å²) in [5, 5.41) is 3.61. The summed E-state index contributed by atoms with van der Waals surface area (Å²) < 4.78 is 11.1. The topological polar surface area (TPSA) is 56.5 Å². The molecule has 4 nitrogen and oxygen atoms in total. The summed E-state index contributed by atoms with van der Waals surface area (Å²) in [4.78, 5) is 0. The molecule has 0 amide bonds. The van der Waals surface area contributed by atoms with Crippen LogP contribution < -0.4 is 20.5 Å². The molecule has 0 aliphatic heterocycles. The van der Waals surface area contributed by atoms with Crippen molar-refractivity contribution in [3.63, 3.8) is 0 Å².